The molecule has 0 atom stereocenters. The van der Waals surface area contributed by atoms with E-state index in [9.17, 15) is 0 Å². The molecular weight excluding hydrogens is 186 g/mol. The predicted molar refractivity (Wildman–Crippen MR) is 54.4 cm³/mol. The van der Waals surface area contributed by atoms with Crippen molar-refractivity contribution in [2.75, 3.05) is 7.11 Å². The molecule has 2 aromatic rings. The lowest BCUT2D eigenvalue weighted by molar-refractivity contribution is 0.419. The van der Waals surface area contributed by atoms with E-state index in [2.05, 4.69) is 4.98 Å². The number of halogens is 1. The number of alkyl halides is 1. The van der Waals surface area contributed by atoms with Crippen LogP contribution in [-0.2, 0) is 5.88 Å². The van der Waals surface area contributed by atoms with Crippen molar-refractivity contribution in [1.82, 2.24) is 4.98 Å². The molecule has 0 saturated carbocycles. The Bertz CT molecular complexity index is 422. The second kappa shape index (κ2) is 3.30. The van der Waals surface area contributed by atoms with Crippen molar-refractivity contribution in [2.45, 2.75) is 5.88 Å². The molecule has 0 aliphatic heterocycles. The molecule has 0 fully saturated rings. The molecule has 0 amide bonds. The summed E-state index contributed by atoms with van der Waals surface area (Å²) in [5.41, 5.74) is 2.12. The number of H-pyrrole nitrogens is 1. The smallest absolute Gasteiger partial charge is 0.142 e. The first kappa shape index (κ1) is 8.45. The van der Waals surface area contributed by atoms with Gasteiger partial charge in [0.15, 0.2) is 0 Å². The molecule has 0 bridgehead atoms. The lowest BCUT2D eigenvalue weighted by atomic mass is 10.2. The summed E-state index contributed by atoms with van der Waals surface area (Å²) in [6, 6.07) is 5.92. The molecule has 3 heteroatoms. The number of aromatic nitrogens is 1. The third-order valence-electron chi connectivity index (χ3n) is 2.13. The average molecular weight is 196 g/mol. The Kier molecular flexibility index (Phi) is 2.15. The third kappa shape index (κ3) is 1.27. The summed E-state index contributed by atoms with van der Waals surface area (Å²) in [7, 11) is 1.66. The van der Waals surface area contributed by atoms with Gasteiger partial charge in [-0.3, -0.25) is 0 Å². The number of aromatic amines is 1. The van der Waals surface area contributed by atoms with Crippen molar-refractivity contribution in [2.24, 2.45) is 0 Å². The van der Waals surface area contributed by atoms with Gasteiger partial charge >= 0.3 is 0 Å². The van der Waals surface area contributed by atoms with Crippen LogP contribution >= 0.6 is 11.6 Å². The zero-order valence-electron chi connectivity index (χ0n) is 7.30. The van der Waals surface area contributed by atoms with E-state index in [4.69, 9.17) is 16.3 Å². The van der Waals surface area contributed by atoms with E-state index in [-0.39, 0.29) is 0 Å². The van der Waals surface area contributed by atoms with Crippen molar-refractivity contribution in [3.05, 3.63) is 30.0 Å². The zero-order valence-corrected chi connectivity index (χ0v) is 8.06. The minimum Gasteiger partial charge on any atom is -0.495 e. The molecule has 1 aromatic heterocycles. The standard InChI is InChI=1S/C10H10ClNO/c1-13-9-4-2-3-8-7(5-11)6-12-10(8)9/h2-4,6,12H,5H2,1H3. The van der Waals surface area contributed by atoms with Crippen LogP contribution in [0.5, 0.6) is 5.75 Å². The molecular formula is C10H10ClNO. The van der Waals surface area contributed by atoms with Gasteiger partial charge in [-0.15, -0.1) is 11.6 Å². The summed E-state index contributed by atoms with van der Waals surface area (Å²) in [4.78, 5) is 3.15. The van der Waals surface area contributed by atoms with Gasteiger partial charge in [-0.1, -0.05) is 12.1 Å². The highest BCUT2D eigenvalue weighted by molar-refractivity contribution is 6.18. The van der Waals surface area contributed by atoms with Crippen molar-refractivity contribution in [1.29, 1.82) is 0 Å². The summed E-state index contributed by atoms with van der Waals surface area (Å²) in [6.45, 7) is 0. The van der Waals surface area contributed by atoms with Crippen LogP contribution in [0.25, 0.3) is 10.9 Å². The summed E-state index contributed by atoms with van der Waals surface area (Å²) in [5, 5.41) is 1.13. The highest BCUT2D eigenvalue weighted by atomic mass is 35.5. The van der Waals surface area contributed by atoms with Gasteiger partial charge < -0.3 is 9.72 Å². The molecule has 0 aliphatic carbocycles. The van der Waals surface area contributed by atoms with Crippen LogP contribution in [0.4, 0.5) is 0 Å². The second-order valence-corrected chi connectivity index (χ2v) is 3.10. The fourth-order valence-corrected chi connectivity index (χ4v) is 1.69. The summed E-state index contributed by atoms with van der Waals surface area (Å²) >= 11 is 5.78. The Balaban J connectivity index is 2.72. The average Bonchev–Trinajstić information content (AvgIpc) is 2.60. The molecule has 68 valence electrons. The normalized spacial score (nSPS) is 10.6. The van der Waals surface area contributed by atoms with Crippen molar-refractivity contribution >= 4 is 22.5 Å². The van der Waals surface area contributed by atoms with Gasteiger partial charge in [0.2, 0.25) is 0 Å². The minimum atomic E-state index is 0.521. The Hall–Kier alpha value is -1.15. The van der Waals surface area contributed by atoms with Crippen molar-refractivity contribution in [3.8, 4) is 5.75 Å². The number of ether oxygens (including phenoxy) is 1. The Morgan fingerprint density at radius 3 is 3.00 bits per heavy atom. The van der Waals surface area contributed by atoms with Crippen LogP contribution < -0.4 is 4.74 Å². The summed E-state index contributed by atoms with van der Waals surface area (Å²) < 4.78 is 5.21. The molecule has 1 heterocycles. The first-order chi connectivity index (χ1) is 6.36. The molecule has 0 saturated heterocycles. The number of para-hydroxylation sites is 1. The number of hydrogen-bond donors (Lipinski definition) is 1. The van der Waals surface area contributed by atoms with Gasteiger partial charge in [0, 0.05) is 17.5 Å². The van der Waals surface area contributed by atoms with E-state index >= 15 is 0 Å². The van der Waals surface area contributed by atoms with Crippen LogP contribution in [0.3, 0.4) is 0 Å². The molecule has 2 nitrogen and oxygen atoms in total. The molecule has 13 heavy (non-hydrogen) atoms. The fourth-order valence-electron chi connectivity index (χ4n) is 1.47. The largest absolute Gasteiger partial charge is 0.495 e. The maximum Gasteiger partial charge on any atom is 0.142 e. The van der Waals surface area contributed by atoms with Gasteiger partial charge in [-0.2, -0.15) is 0 Å². The maximum absolute atomic E-state index is 5.78. The first-order valence-electron chi connectivity index (χ1n) is 4.05. The Morgan fingerprint density at radius 1 is 1.46 bits per heavy atom. The zero-order chi connectivity index (χ0) is 9.26. The lowest BCUT2D eigenvalue weighted by Gasteiger charge is -2.00. The van der Waals surface area contributed by atoms with E-state index in [1.807, 2.05) is 24.4 Å². The van der Waals surface area contributed by atoms with Gasteiger partial charge in [0.25, 0.3) is 0 Å². The van der Waals surface area contributed by atoms with Crippen LogP contribution in [0.1, 0.15) is 5.56 Å². The number of hydrogen-bond acceptors (Lipinski definition) is 1. The van der Waals surface area contributed by atoms with Crippen LogP contribution in [0, 0.1) is 0 Å². The number of benzene rings is 1. The van der Waals surface area contributed by atoms with Crippen molar-refractivity contribution < 1.29 is 4.74 Å². The van der Waals surface area contributed by atoms with Gasteiger partial charge in [-0.05, 0) is 11.6 Å². The molecule has 0 aliphatic rings. The van der Waals surface area contributed by atoms with E-state index in [1.165, 1.54) is 0 Å². The predicted octanol–water partition coefficient (Wildman–Crippen LogP) is 2.92. The van der Waals surface area contributed by atoms with E-state index in [1.54, 1.807) is 7.11 Å². The Morgan fingerprint density at radius 2 is 2.31 bits per heavy atom. The van der Waals surface area contributed by atoms with E-state index in [0.29, 0.717) is 5.88 Å². The van der Waals surface area contributed by atoms with Crippen LogP contribution in [-0.4, -0.2) is 12.1 Å². The molecule has 1 N–H and O–H groups in total. The molecule has 0 radical (unpaired) electrons. The van der Waals surface area contributed by atoms with E-state index < -0.39 is 0 Å². The highest BCUT2D eigenvalue weighted by Gasteiger charge is 2.05. The number of rotatable bonds is 2. The van der Waals surface area contributed by atoms with Crippen molar-refractivity contribution in [3.63, 3.8) is 0 Å². The van der Waals surface area contributed by atoms with Crippen LogP contribution in [0.15, 0.2) is 24.4 Å². The highest BCUT2D eigenvalue weighted by Crippen LogP contribution is 2.27. The number of nitrogens with one attached hydrogen (secondary N) is 1. The Labute approximate surface area is 81.5 Å². The van der Waals surface area contributed by atoms with Crippen LogP contribution in [0.2, 0.25) is 0 Å². The topological polar surface area (TPSA) is 25.0 Å². The maximum atomic E-state index is 5.78. The molecule has 2 rings (SSSR count). The number of methoxy groups -OCH3 is 1. The molecule has 0 spiro atoms. The second-order valence-electron chi connectivity index (χ2n) is 2.83. The fraction of sp³-hybridized carbons (Fsp3) is 0.200. The first-order valence-corrected chi connectivity index (χ1v) is 4.59. The minimum absolute atomic E-state index is 0.521. The summed E-state index contributed by atoms with van der Waals surface area (Å²) in [6.07, 6.45) is 1.92. The van der Waals surface area contributed by atoms with Gasteiger partial charge in [-0.25, -0.2) is 0 Å². The SMILES string of the molecule is COc1cccc2c(CCl)c[nH]c12. The lowest BCUT2D eigenvalue weighted by Crippen LogP contribution is -1.83. The monoisotopic (exact) mass is 195 g/mol. The van der Waals surface area contributed by atoms with Gasteiger partial charge in [0.1, 0.15) is 5.75 Å². The van der Waals surface area contributed by atoms with E-state index in [0.717, 1.165) is 22.2 Å². The quantitative estimate of drug-likeness (QED) is 0.733. The number of fused-ring (bicyclic) bond motifs is 1. The molecule has 1 aromatic carbocycles. The molecule has 0 unspecified atom stereocenters. The third-order valence-corrected chi connectivity index (χ3v) is 2.41. The summed E-state index contributed by atoms with van der Waals surface area (Å²) in [5.74, 6) is 1.38. The van der Waals surface area contributed by atoms with Gasteiger partial charge in [0.05, 0.1) is 12.6 Å².